The normalized spacial score (nSPS) is 25.1. The Bertz CT molecular complexity index is 323. The van der Waals surface area contributed by atoms with Crippen LogP contribution in [0.2, 0.25) is 0 Å². The number of hydrogen-bond acceptors (Lipinski definition) is 1. The van der Waals surface area contributed by atoms with E-state index >= 15 is 0 Å². The predicted octanol–water partition coefficient (Wildman–Crippen LogP) is 3.79. The molecule has 17 heavy (non-hydrogen) atoms. The topological polar surface area (TPSA) is 12.0 Å². The van der Waals surface area contributed by atoms with Crippen LogP contribution in [0.3, 0.4) is 0 Å². The summed E-state index contributed by atoms with van der Waals surface area (Å²) < 4.78 is 0. The Morgan fingerprint density at radius 1 is 1.18 bits per heavy atom. The van der Waals surface area contributed by atoms with Crippen molar-refractivity contribution in [2.24, 2.45) is 5.92 Å². The molecule has 0 saturated carbocycles. The van der Waals surface area contributed by atoms with Crippen molar-refractivity contribution in [3.8, 4) is 0 Å². The maximum Gasteiger partial charge on any atom is 0.0224 e. The highest BCUT2D eigenvalue weighted by molar-refractivity contribution is 5.18. The summed E-state index contributed by atoms with van der Waals surface area (Å²) >= 11 is 0. The Balaban J connectivity index is 2.10. The predicted molar refractivity (Wildman–Crippen MR) is 74.2 cm³/mol. The summed E-state index contributed by atoms with van der Waals surface area (Å²) in [5.41, 5.74) is 1.83. The van der Waals surface area contributed by atoms with Crippen LogP contribution in [0.4, 0.5) is 0 Å². The molecule has 1 saturated heterocycles. The number of nitrogens with one attached hydrogen (secondary N) is 1. The Morgan fingerprint density at radius 3 is 2.53 bits per heavy atom. The molecule has 1 N–H and O–H groups in total. The zero-order chi connectivity index (χ0) is 12.1. The smallest absolute Gasteiger partial charge is 0.0224 e. The first kappa shape index (κ1) is 12.6. The summed E-state index contributed by atoms with van der Waals surface area (Å²) in [7, 11) is 0. The third-order valence-electron chi connectivity index (χ3n) is 3.77. The van der Waals surface area contributed by atoms with Gasteiger partial charge in [0.05, 0.1) is 0 Å². The SMILES string of the molecule is CC(C)CC1(Cc2ccccc2)CCCCN1. The van der Waals surface area contributed by atoms with Gasteiger partial charge in [0.2, 0.25) is 0 Å². The van der Waals surface area contributed by atoms with Crippen molar-refractivity contribution in [1.29, 1.82) is 0 Å². The highest BCUT2D eigenvalue weighted by Gasteiger charge is 2.32. The van der Waals surface area contributed by atoms with E-state index in [4.69, 9.17) is 0 Å². The molecule has 1 nitrogen and oxygen atoms in total. The fourth-order valence-corrected chi connectivity index (χ4v) is 3.20. The fourth-order valence-electron chi connectivity index (χ4n) is 3.20. The van der Waals surface area contributed by atoms with Crippen LogP contribution < -0.4 is 5.32 Å². The second-order valence-electron chi connectivity index (χ2n) is 5.92. The molecule has 1 aromatic rings. The second kappa shape index (κ2) is 5.68. The van der Waals surface area contributed by atoms with Crippen LogP contribution in [0.25, 0.3) is 0 Å². The van der Waals surface area contributed by atoms with Crippen molar-refractivity contribution in [3.05, 3.63) is 35.9 Å². The Kier molecular flexibility index (Phi) is 4.22. The summed E-state index contributed by atoms with van der Waals surface area (Å²) in [5, 5.41) is 3.81. The summed E-state index contributed by atoms with van der Waals surface area (Å²) in [4.78, 5) is 0. The number of piperidine rings is 1. The molecule has 1 heterocycles. The van der Waals surface area contributed by atoms with Crippen LogP contribution in [0.5, 0.6) is 0 Å². The third-order valence-corrected chi connectivity index (χ3v) is 3.77. The Morgan fingerprint density at radius 2 is 1.94 bits per heavy atom. The lowest BCUT2D eigenvalue weighted by Crippen LogP contribution is -2.51. The standard InChI is InChI=1S/C16H25N/c1-14(2)12-16(10-6-7-11-17-16)13-15-8-4-3-5-9-15/h3-5,8-9,14,17H,6-7,10-13H2,1-2H3. The molecular weight excluding hydrogens is 206 g/mol. The van der Waals surface area contributed by atoms with Gasteiger partial charge in [-0.3, -0.25) is 0 Å². The second-order valence-corrected chi connectivity index (χ2v) is 5.92. The van der Waals surface area contributed by atoms with E-state index in [1.165, 1.54) is 44.2 Å². The molecule has 0 bridgehead atoms. The summed E-state index contributed by atoms with van der Waals surface area (Å²) in [6.45, 7) is 5.87. The lowest BCUT2D eigenvalue weighted by atomic mass is 9.77. The molecule has 1 aromatic carbocycles. The van der Waals surface area contributed by atoms with E-state index in [-0.39, 0.29) is 0 Å². The van der Waals surface area contributed by atoms with E-state index in [0.29, 0.717) is 5.54 Å². The van der Waals surface area contributed by atoms with Gasteiger partial charge in [-0.2, -0.15) is 0 Å². The van der Waals surface area contributed by atoms with Gasteiger partial charge >= 0.3 is 0 Å². The molecule has 0 aromatic heterocycles. The first-order chi connectivity index (χ1) is 8.20. The van der Waals surface area contributed by atoms with E-state index in [1.54, 1.807) is 0 Å². The molecule has 94 valence electrons. The monoisotopic (exact) mass is 231 g/mol. The van der Waals surface area contributed by atoms with Gasteiger partial charge in [0.25, 0.3) is 0 Å². The van der Waals surface area contributed by atoms with E-state index in [0.717, 1.165) is 5.92 Å². The summed E-state index contributed by atoms with van der Waals surface area (Å²) in [6, 6.07) is 10.9. The average Bonchev–Trinajstić information content (AvgIpc) is 2.30. The lowest BCUT2D eigenvalue weighted by molar-refractivity contribution is 0.210. The van der Waals surface area contributed by atoms with Crippen LogP contribution in [-0.4, -0.2) is 12.1 Å². The molecule has 0 amide bonds. The molecule has 0 radical (unpaired) electrons. The first-order valence-electron chi connectivity index (χ1n) is 6.99. The van der Waals surface area contributed by atoms with Gasteiger partial charge in [-0.25, -0.2) is 0 Å². The van der Waals surface area contributed by atoms with Gasteiger partial charge in [0.1, 0.15) is 0 Å². The van der Waals surface area contributed by atoms with Crippen LogP contribution in [0.15, 0.2) is 30.3 Å². The van der Waals surface area contributed by atoms with Gasteiger partial charge in [-0.1, -0.05) is 50.6 Å². The van der Waals surface area contributed by atoms with E-state index in [9.17, 15) is 0 Å². The molecule has 0 spiro atoms. The molecule has 1 atom stereocenters. The van der Waals surface area contributed by atoms with E-state index in [1.807, 2.05) is 0 Å². The fraction of sp³-hybridized carbons (Fsp3) is 0.625. The van der Waals surface area contributed by atoms with Crippen molar-refractivity contribution in [2.45, 2.75) is 51.5 Å². The average molecular weight is 231 g/mol. The maximum absolute atomic E-state index is 3.81. The minimum Gasteiger partial charge on any atom is -0.311 e. The van der Waals surface area contributed by atoms with E-state index < -0.39 is 0 Å². The Hall–Kier alpha value is -0.820. The zero-order valence-electron chi connectivity index (χ0n) is 11.2. The van der Waals surface area contributed by atoms with Gasteiger partial charge in [0, 0.05) is 5.54 Å². The van der Waals surface area contributed by atoms with Crippen molar-refractivity contribution in [1.82, 2.24) is 5.32 Å². The van der Waals surface area contributed by atoms with Gasteiger partial charge in [-0.05, 0) is 43.7 Å². The van der Waals surface area contributed by atoms with Crippen LogP contribution in [0, 0.1) is 5.92 Å². The Labute approximate surface area is 106 Å². The summed E-state index contributed by atoms with van der Waals surface area (Å²) in [6.07, 6.45) is 6.54. The third kappa shape index (κ3) is 3.57. The van der Waals surface area contributed by atoms with Crippen molar-refractivity contribution in [3.63, 3.8) is 0 Å². The molecule has 1 aliphatic heterocycles. The minimum atomic E-state index is 0.355. The molecular formula is C16H25N. The first-order valence-corrected chi connectivity index (χ1v) is 6.99. The highest BCUT2D eigenvalue weighted by Crippen LogP contribution is 2.30. The van der Waals surface area contributed by atoms with Crippen LogP contribution in [-0.2, 0) is 6.42 Å². The maximum atomic E-state index is 3.81. The van der Waals surface area contributed by atoms with E-state index in [2.05, 4.69) is 49.5 Å². The zero-order valence-corrected chi connectivity index (χ0v) is 11.2. The number of rotatable bonds is 4. The van der Waals surface area contributed by atoms with Gasteiger partial charge in [0.15, 0.2) is 0 Å². The van der Waals surface area contributed by atoms with Crippen molar-refractivity contribution < 1.29 is 0 Å². The van der Waals surface area contributed by atoms with Crippen molar-refractivity contribution >= 4 is 0 Å². The molecule has 0 aliphatic carbocycles. The number of hydrogen-bond donors (Lipinski definition) is 1. The van der Waals surface area contributed by atoms with Gasteiger partial charge in [-0.15, -0.1) is 0 Å². The molecule has 1 fully saturated rings. The molecule has 1 heteroatoms. The lowest BCUT2D eigenvalue weighted by Gasteiger charge is -2.40. The minimum absolute atomic E-state index is 0.355. The summed E-state index contributed by atoms with van der Waals surface area (Å²) in [5.74, 6) is 0.768. The van der Waals surface area contributed by atoms with Crippen LogP contribution >= 0.6 is 0 Å². The largest absolute Gasteiger partial charge is 0.311 e. The number of benzene rings is 1. The highest BCUT2D eigenvalue weighted by atomic mass is 15.0. The molecule has 1 aliphatic rings. The van der Waals surface area contributed by atoms with Gasteiger partial charge < -0.3 is 5.32 Å². The molecule has 2 rings (SSSR count). The molecule has 1 unspecified atom stereocenters. The van der Waals surface area contributed by atoms with Crippen LogP contribution in [0.1, 0.15) is 45.1 Å². The van der Waals surface area contributed by atoms with Crippen molar-refractivity contribution in [2.75, 3.05) is 6.54 Å². The quantitative estimate of drug-likeness (QED) is 0.831.